The molecule has 22 heavy (non-hydrogen) atoms. The molecule has 1 unspecified atom stereocenters. The minimum Gasteiger partial charge on any atom is -0.870 e. The highest BCUT2D eigenvalue weighted by atomic mass is 31.2. The van der Waals surface area contributed by atoms with Crippen molar-refractivity contribution < 1.29 is 19.4 Å². The van der Waals surface area contributed by atoms with Gasteiger partial charge in [-0.2, -0.15) is 0 Å². The van der Waals surface area contributed by atoms with Crippen molar-refractivity contribution in [2.75, 3.05) is 40.0 Å². The Bertz CT molecular complexity index is 290. The molecule has 0 fully saturated rings. The topological polar surface area (TPSA) is 67.3 Å². The lowest BCUT2D eigenvalue weighted by Gasteiger charge is -2.25. The van der Waals surface area contributed by atoms with Gasteiger partial charge < -0.3 is 14.9 Å². The van der Waals surface area contributed by atoms with Crippen LogP contribution in [0.5, 0.6) is 0 Å². The van der Waals surface area contributed by atoms with E-state index in [4.69, 9.17) is 0 Å². The molecule has 0 aliphatic heterocycles. The lowest BCUT2D eigenvalue weighted by molar-refractivity contribution is -0.867. The van der Waals surface area contributed by atoms with Crippen LogP contribution in [0.4, 0.5) is 0 Å². The van der Waals surface area contributed by atoms with Gasteiger partial charge >= 0.3 is 0 Å². The third kappa shape index (κ3) is 18.2. The lowest BCUT2D eigenvalue weighted by Crippen LogP contribution is -2.37. The summed E-state index contributed by atoms with van der Waals surface area (Å²) < 4.78 is 12.8. The minimum absolute atomic E-state index is 0. The Balaban J connectivity index is 0. The van der Waals surface area contributed by atoms with Crippen LogP contribution in [0.15, 0.2) is 0 Å². The van der Waals surface area contributed by atoms with Crippen LogP contribution in [0, 0.1) is 0 Å². The molecule has 4 nitrogen and oxygen atoms in total. The molecule has 0 rings (SSSR count). The highest BCUT2D eigenvalue weighted by molar-refractivity contribution is 7.58. The molecule has 5 heteroatoms. The highest BCUT2D eigenvalue weighted by Gasteiger charge is 2.21. The Kier molecular flexibility index (Phi) is 15.0. The summed E-state index contributed by atoms with van der Waals surface area (Å²) >= 11 is 0. The van der Waals surface area contributed by atoms with E-state index < -0.39 is 7.37 Å². The largest absolute Gasteiger partial charge is 0.870 e. The SMILES string of the molecule is CCCCCCCCCCCCP(=O)(O)CC[N+](C)(C)C.[OH-]. The van der Waals surface area contributed by atoms with Crippen LogP contribution in [0.25, 0.3) is 0 Å². The molecule has 0 heterocycles. The van der Waals surface area contributed by atoms with Crippen LogP contribution in [0.2, 0.25) is 0 Å². The predicted octanol–water partition coefficient (Wildman–Crippen LogP) is 4.71. The molecule has 0 bridgehead atoms. The van der Waals surface area contributed by atoms with Crippen LogP contribution in [-0.4, -0.2) is 54.9 Å². The first-order valence-corrected chi connectivity index (χ1v) is 10.9. The number of quaternary nitrogens is 1. The summed E-state index contributed by atoms with van der Waals surface area (Å²) in [6.45, 7) is 3.03. The minimum atomic E-state index is -2.88. The summed E-state index contributed by atoms with van der Waals surface area (Å²) in [5.41, 5.74) is 0. The molecule has 0 saturated carbocycles. The van der Waals surface area contributed by atoms with Crippen LogP contribution in [-0.2, 0) is 4.57 Å². The van der Waals surface area contributed by atoms with Crippen LogP contribution >= 0.6 is 7.37 Å². The summed E-state index contributed by atoms with van der Waals surface area (Å²) in [6, 6.07) is 0. The van der Waals surface area contributed by atoms with Gasteiger partial charge in [-0.25, -0.2) is 0 Å². The Morgan fingerprint density at radius 1 is 0.773 bits per heavy atom. The second-order valence-electron chi connectivity index (χ2n) is 7.49. The van der Waals surface area contributed by atoms with E-state index >= 15 is 0 Å². The molecule has 0 saturated heterocycles. The summed E-state index contributed by atoms with van der Waals surface area (Å²) in [5.74, 6) is 0. The molecule has 2 N–H and O–H groups in total. The Hall–Kier alpha value is 0.110. The van der Waals surface area contributed by atoms with Gasteiger partial charge in [-0.3, -0.25) is 4.57 Å². The molecule has 0 aromatic rings. The van der Waals surface area contributed by atoms with E-state index in [2.05, 4.69) is 28.1 Å². The van der Waals surface area contributed by atoms with E-state index in [0.717, 1.165) is 23.9 Å². The first-order chi connectivity index (χ1) is 9.77. The van der Waals surface area contributed by atoms with Crippen LogP contribution < -0.4 is 0 Å². The third-order valence-electron chi connectivity index (χ3n) is 3.98. The normalized spacial score (nSPS) is 14.4. The molecular formula is C17H40NO3P. The number of hydrogen-bond acceptors (Lipinski definition) is 2. The van der Waals surface area contributed by atoms with E-state index in [0.29, 0.717) is 12.3 Å². The van der Waals surface area contributed by atoms with Gasteiger partial charge in [-0.15, -0.1) is 0 Å². The average Bonchev–Trinajstić information content (AvgIpc) is 2.38. The smallest absolute Gasteiger partial charge is 0.206 e. The molecule has 0 aromatic heterocycles. The zero-order valence-electron chi connectivity index (χ0n) is 15.4. The Morgan fingerprint density at radius 3 is 1.59 bits per heavy atom. The van der Waals surface area contributed by atoms with E-state index in [1.807, 2.05) is 0 Å². The fourth-order valence-electron chi connectivity index (χ4n) is 2.41. The summed E-state index contributed by atoms with van der Waals surface area (Å²) in [5, 5.41) is 0. The van der Waals surface area contributed by atoms with Crippen molar-refractivity contribution in [3.05, 3.63) is 0 Å². The van der Waals surface area contributed by atoms with Gasteiger partial charge in [0.1, 0.15) is 0 Å². The van der Waals surface area contributed by atoms with Crippen LogP contribution in [0.1, 0.15) is 71.1 Å². The standard InChI is InChI=1S/C17H38NO2P.H2O/c1-5-6-7-8-9-10-11-12-13-14-16-21(19,20)17-15-18(2,3)4;/h5-17H2,1-4H3;1H2. The zero-order valence-corrected chi connectivity index (χ0v) is 16.3. The Labute approximate surface area is 138 Å². The first-order valence-electron chi connectivity index (χ1n) is 8.88. The zero-order chi connectivity index (χ0) is 16.2. The van der Waals surface area contributed by atoms with Gasteiger partial charge in [0.15, 0.2) is 0 Å². The van der Waals surface area contributed by atoms with Gasteiger partial charge in [0.2, 0.25) is 7.37 Å². The van der Waals surface area contributed by atoms with Crippen molar-refractivity contribution >= 4 is 7.37 Å². The highest BCUT2D eigenvalue weighted by Crippen LogP contribution is 2.41. The van der Waals surface area contributed by atoms with Crippen molar-refractivity contribution in [1.82, 2.24) is 0 Å². The molecule has 0 amide bonds. The first kappa shape index (κ1) is 24.4. The third-order valence-corrected chi connectivity index (χ3v) is 5.90. The molecule has 136 valence electrons. The number of unbranched alkanes of at least 4 members (excludes halogenated alkanes) is 9. The second-order valence-corrected chi connectivity index (χ2v) is 10.1. The maximum absolute atomic E-state index is 12.0. The number of nitrogens with zero attached hydrogens (tertiary/aromatic N) is 1. The van der Waals surface area contributed by atoms with Crippen molar-refractivity contribution in [3.8, 4) is 0 Å². The molecule has 1 atom stereocenters. The molecule has 0 aliphatic rings. The molecule has 0 aromatic carbocycles. The van der Waals surface area contributed by atoms with E-state index in [-0.39, 0.29) is 5.48 Å². The number of rotatable bonds is 14. The molecule has 0 spiro atoms. The van der Waals surface area contributed by atoms with E-state index in [1.54, 1.807) is 0 Å². The van der Waals surface area contributed by atoms with Crippen LogP contribution in [0.3, 0.4) is 0 Å². The van der Waals surface area contributed by atoms with E-state index in [1.165, 1.54) is 51.4 Å². The summed E-state index contributed by atoms with van der Waals surface area (Å²) in [6.07, 6.45) is 13.7. The summed E-state index contributed by atoms with van der Waals surface area (Å²) in [7, 11) is 3.33. The fourth-order valence-corrected chi connectivity index (χ4v) is 4.27. The molecular weight excluding hydrogens is 297 g/mol. The van der Waals surface area contributed by atoms with Crippen molar-refractivity contribution in [2.45, 2.75) is 71.1 Å². The van der Waals surface area contributed by atoms with Gasteiger partial charge in [0, 0.05) is 6.16 Å². The molecule has 0 aliphatic carbocycles. The fraction of sp³-hybridized carbons (Fsp3) is 1.00. The lowest BCUT2D eigenvalue weighted by atomic mass is 10.1. The van der Waals surface area contributed by atoms with Crippen molar-refractivity contribution in [3.63, 3.8) is 0 Å². The second kappa shape index (κ2) is 13.5. The van der Waals surface area contributed by atoms with Gasteiger partial charge in [-0.05, 0) is 6.42 Å². The Morgan fingerprint density at radius 2 is 1.18 bits per heavy atom. The number of hydrogen-bond donors (Lipinski definition) is 1. The predicted molar refractivity (Wildman–Crippen MR) is 96.2 cm³/mol. The van der Waals surface area contributed by atoms with Gasteiger partial charge in [-0.1, -0.05) is 64.7 Å². The quantitative estimate of drug-likeness (QED) is 0.284. The van der Waals surface area contributed by atoms with Gasteiger partial charge in [0.05, 0.1) is 33.8 Å². The monoisotopic (exact) mass is 337 g/mol. The van der Waals surface area contributed by atoms with Crippen molar-refractivity contribution in [2.24, 2.45) is 0 Å². The summed E-state index contributed by atoms with van der Waals surface area (Å²) in [4.78, 5) is 9.95. The van der Waals surface area contributed by atoms with Gasteiger partial charge in [0.25, 0.3) is 0 Å². The maximum Gasteiger partial charge on any atom is 0.206 e. The molecule has 0 radical (unpaired) electrons. The maximum atomic E-state index is 12.0. The van der Waals surface area contributed by atoms with Crippen molar-refractivity contribution in [1.29, 1.82) is 0 Å². The van der Waals surface area contributed by atoms with E-state index in [9.17, 15) is 9.46 Å². The average molecular weight is 337 g/mol.